The fourth-order valence-electron chi connectivity index (χ4n) is 2.48. The summed E-state index contributed by atoms with van der Waals surface area (Å²) in [6.07, 6.45) is 0.828. The van der Waals surface area contributed by atoms with Gasteiger partial charge in [-0.05, 0) is 56.4 Å². The summed E-state index contributed by atoms with van der Waals surface area (Å²) >= 11 is -2.14. The van der Waals surface area contributed by atoms with Crippen LogP contribution in [0, 0.1) is 6.92 Å². The number of hydrogen-bond donors (Lipinski definition) is 1. The highest BCUT2D eigenvalue weighted by Crippen LogP contribution is 2.26. The van der Waals surface area contributed by atoms with Crippen LogP contribution in [0.2, 0.25) is 0 Å². The minimum atomic E-state index is -2.14. The molecule has 0 saturated heterocycles. The second kappa shape index (κ2) is 7.42. The number of hydrogen-bond acceptors (Lipinski definition) is 5. The molecule has 0 aliphatic heterocycles. The predicted molar refractivity (Wildman–Crippen MR) is 92.4 cm³/mol. The van der Waals surface area contributed by atoms with Gasteiger partial charge in [-0.3, -0.25) is 4.21 Å². The normalized spacial score (nSPS) is 13.0. The average Bonchev–Trinajstić information content (AvgIpc) is 2.44. The lowest BCUT2D eigenvalue weighted by atomic mass is 9.93. The molecule has 1 aromatic carbocycles. The molecule has 2 rings (SSSR count). The van der Waals surface area contributed by atoms with Gasteiger partial charge in [0.1, 0.15) is 5.76 Å². The molecule has 1 unspecified atom stereocenters. The SMILES string of the molecule is Cc1cc(-c2ccc(CS(=O)[O-])cc2)c(CCC(C)(C)O)c(=O)o1. The van der Waals surface area contributed by atoms with Gasteiger partial charge in [-0.25, -0.2) is 4.79 Å². The first-order valence-corrected chi connectivity index (χ1v) is 8.91. The molecular weight excluding hydrogens is 328 g/mol. The van der Waals surface area contributed by atoms with Gasteiger partial charge in [0.2, 0.25) is 0 Å². The highest BCUT2D eigenvalue weighted by molar-refractivity contribution is 7.78. The molecule has 1 heterocycles. The molecule has 1 N–H and O–H groups in total. The van der Waals surface area contributed by atoms with Crippen LogP contribution in [0.3, 0.4) is 0 Å². The van der Waals surface area contributed by atoms with Crippen LogP contribution >= 0.6 is 0 Å². The van der Waals surface area contributed by atoms with E-state index in [9.17, 15) is 18.7 Å². The Morgan fingerprint density at radius 1 is 1.25 bits per heavy atom. The largest absolute Gasteiger partial charge is 0.772 e. The van der Waals surface area contributed by atoms with Crippen molar-refractivity contribution < 1.29 is 18.3 Å². The van der Waals surface area contributed by atoms with Crippen LogP contribution < -0.4 is 5.63 Å². The molecule has 0 bridgehead atoms. The van der Waals surface area contributed by atoms with Crippen LogP contribution in [-0.2, 0) is 23.3 Å². The van der Waals surface area contributed by atoms with Crippen molar-refractivity contribution >= 4 is 11.1 Å². The minimum Gasteiger partial charge on any atom is -0.772 e. The first-order chi connectivity index (χ1) is 11.2. The van der Waals surface area contributed by atoms with Gasteiger partial charge in [0.15, 0.2) is 0 Å². The van der Waals surface area contributed by atoms with Crippen molar-refractivity contribution in [3.8, 4) is 11.1 Å². The molecule has 1 atom stereocenters. The van der Waals surface area contributed by atoms with E-state index in [4.69, 9.17) is 4.42 Å². The first-order valence-electron chi connectivity index (χ1n) is 7.67. The van der Waals surface area contributed by atoms with Crippen LogP contribution in [0.4, 0.5) is 0 Å². The van der Waals surface area contributed by atoms with E-state index in [1.54, 1.807) is 51.1 Å². The summed E-state index contributed by atoms with van der Waals surface area (Å²) in [6.45, 7) is 5.10. The van der Waals surface area contributed by atoms with Gasteiger partial charge in [-0.1, -0.05) is 35.3 Å². The number of rotatable bonds is 6. The topological polar surface area (TPSA) is 90.6 Å². The van der Waals surface area contributed by atoms with E-state index in [0.29, 0.717) is 29.7 Å². The molecule has 0 radical (unpaired) electrons. The van der Waals surface area contributed by atoms with Crippen LogP contribution in [0.25, 0.3) is 11.1 Å². The second-order valence-electron chi connectivity index (χ2n) is 6.49. The number of aliphatic hydroxyl groups is 1. The predicted octanol–water partition coefficient (Wildman–Crippen LogP) is 2.70. The van der Waals surface area contributed by atoms with Gasteiger partial charge in [0.25, 0.3) is 0 Å². The summed E-state index contributed by atoms with van der Waals surface area (Å²) in [5.41, 5.74) is 1.49. The molecule has 24 heavy (non-hydrogen) atoms. The van der Waals surface area contributed by atoms with Crippen molar-refractivity contribution in [1.29, 1.82) is 0 Å². The van der Waals surface area contributed by atoms with E-state index in [-0.39, 0.29) is 5.75 Å². The van der Waals surface area contributed by atoms with Gasteiger partial charge >= 0.3 is 5.63 Å². The number of aryl methyl sites for hydroxylation is 1. The van der Waals surface area contributed by atoms with Crippen LogP contribution in [0.5, 0.6) is 0 Å². The monoisotopic (exact) mass is 349 g/mol. The Morgan fingerprint density at radius 3 is 2.42 bits per heavy atom. The van der Waals surface area contributed by atoms with E-state index in [1.165, 1.54) is 0 Å². The molecule has 0 spiro atoms. The van der Waals surface area contributed by atoms with Crippen molar-refractivity contribution in [2.24, 2.45) is 0 Å². The fraction of sp³-hybridized carbons (Fsp3) is 0.389. The summed E-state index contributed by atoms with van der Waals surface area (Å²) in [7, 11) is 0. The third kappa shape index (κ3) is 5.12. The summed E-state index contributed by atoms with van der Waals surface area (Å²) in [6, 6.07) is 8.85. The molecule has 0 amide bonds. The smallest absolute Gasteiger partial charge is 0.339 e. The van der Waals surface area contributed by atoms with Crippen LogP contribution in [0.15, 0.2) is 39.5 Å². The van der Waals surface area contributed by atoms with Crippen molar-refractivity contribution in [1.82, 2.24) is 0 Å². The molecule has 0 fully saturated rings. The Bertz CT molecular complexity index is 785. The minimum absolute atomic E-state index is 0.0399. The molecule has 0 aliphatic carbocycles. The van der Waals surface area contributed by atoms with E-state index in [0.717, 1.165) is 11.1 Å². The molecule has 0 aliphatic rings. The van der Waals surface area contributed by atoms with E-state index in [1.807, 2.05) is 0 Å². The first kappa shape index (κ1) is 18.6. The lowest BCUT2D eigenvalue weighted by molar-refractivity contribution is 0.0712. The third-order valence-corrected chi connectivity index (χ3v) is 4.28. The Morgan fingerprint density at radius 2 is 1.88 bits per heavy atom. The molecule has 130 valence electrons. The standard InChI is InChI=1S/C18H22O5S/c1-12-10-16(14-6-4-13(5-7-14)11-24(21)22)15(17(19)23-12)8-9-18(2,3)20/h4-7,10,20H,8-9,11H2,1-3H3,(H,21,22)/p-1. The zero-order valence-electron chi connectivity index (χ0n) is 14.0. The van der Waals surface area contributed by atoms with Gasteiger partial charge in [0, 0.05) is 11.3 Å². The van der Waals surface area contributed by atoms with E-state index in [2.05, 4.69) is 0 Å². The van der Waals surface area contributed by atoms with Gasteiger partial charge in [-0.2, -0.15) is 0 Å². The van der Waals surface area contributed by atoms with Gasteiger partial charge in [0.05, 0.1) is 5.60 Å². The lowest BCUT2D eigenvalue weighted by Crippen LogP contribution is -2.21. The summed E-state index contributed by atoms with van der Waals surface area (Å²) < 4.78 is 26.7. The van der Waals surface area contributed by atoms with E-state index < -0.39 is 22.3 Å². The van der Waals surface area contributed by atoms with E-state index >= 15 is 0 Å². The maximum Gasteiger partial charge on any atom is 0.339 e. The highest BCUT2D eigenvalue weighted by Gasteiger charge is 2.18. The average molecular weight is 349 g/mol. The molecule has 6 heteroatoms. The Labute approximate surface area is 143 Å². The number of benzene rings is 1. The van der Waals surface area contributed by atoms with Gasteiger partial charge < -0.3 is 14.1 Å². The molecular formula is C18H21O5S-. The van der Waals surface area contributed by atoms with Gasteiger partial charge in [-0.15, -0.1) is 0 Å². The summed E-state index contributed by atoms with van der Waals surface area (Å²) in [5.74, 6) is 0.466. The maximum atomic E-state index is 12.2. The fourth-order valence-corrected chi connectivity index (χ4v) is 2.94. The highest BCUT2D eigenvalue weighted by atomic mass is 32.2. The maximum absolute atomic E-state index is 12.2. The Kier molecular flexibility index (Phi) is 5.74. The molecule has 0 saturated carbocycles. The quantitative estimate of drug-likeness (QED) is 0.810. The van der Waals surface area contributed by atoms with Crippen molar-refractivity contribution in [2.75, 3.05) is 0 Å². The van der Waals surface area contributed by atoms with Crippen molar-refractivity contribution in [3.63, 3.8) is 0 Å². The molecule has 2 aromatic rings. The van der Waals surface area contributed by atoms with Crippen LogP contribution in [0.1, 0.15) is 37.2 Å². The Hall–Kier alpha value is -1.76. The summed E-state index contributed by atoms with van der Waals surface area (Å²) in [4.78, 5) is 12.2. The van der Waals surface area contributed by atoms with Crippen molar-refractivity contribution in [3.05, 3.63) is 57.6 Å². The van der Waals surface area contributed by atoms with Crippen molar-refractivity contribution in [2.45, 2.75) is 45.0 Å². The summed E-state index contributed by atoms with van der Waals surface area (Å²) in [5, 5.41) is 9.92. The Balaban J connectivity index is 2.41. The van der Waals surface area contributed by atoms with Crippen LogP contribution in [-0.4, -0.2) is 19.5 Å². The zero-order chi connectivity index (χ0) is 17.9. The second-order valence-corrected chi connectivity index (χ2v) is 7.39. The third-order valence-electron chi connectivity index (χ3n) is 3.71. The lowest BCUT2D eigenvalue weighted by Gasteiger charge is -2.17. The molecule has 1 aromatic heterocycles. The molecule has 5 nitrogen and oxygen atoms in total. The zero-order valence-corrected chi connectivity index (χ0v) is 14.8.